The molecule has 2 rings (SSSR count). The molecule has 2 aromatic rings. The first-order chi connectivity index (χ1) is 8.15. The summed E-state index contributed by atoms with van der Waals surface area (Å²) in [5.41, 5.74) is 0.383. The molecule has 1 aromatic heterocycles. The van der Waals surface area contributed by atoms with Crippen molar-refractivity contribution in [1.82, 2.24) is 4.98 Å². The lowest BCUT2D eigenvalue weighted by Gasteiger charge is -2.10. The Kier molecular flexibility index (Phi) is 3.24. The van der Waals surface area contributed by atoms with Crippen molar-refractivity contribution in [2.75, 3.05) is 7.11 Å². The van der Waals surface area contributed by atoms with Crippen LogP contribution in [0.4, 0.5) is 8.78 Å². The van der Waals surface area contributed by atoms with Gasteiger partial charge in [-0.3, -0.25) is 4.98 Å². The van der Waals surface area contributed by atoms with Gasteiger partial charge in [-0.2, -0.15) is 0 Å². The molecule has 0 unspecified atom stereocenters. The van der Waals surface area contributed by atoms with Crippen LogP contribution in [0.2, 0.25) is 5.02 Å². The van der Waals surface area contributed by atoms with Crippen LogP contribution in [0.3, 0.4) is 0 Å². The van der Waals surface area contributed by atoms with Crippen LogP contribution in [-0.2, 0) is 0 Å². The van der Waals surface area contributed by atoms with Gasteiger partial charge in [0, 0.05) is 23.5 Å². The molecule has 1 heterocycles. The summed E-state index contributed by atoms with van der Waals surface area (Å²) in [4.78, 5) is 3.84. The van der Waals surface area contributed by atoms with E-state index in [9.17, 15) is 8.78 Å². The third-order valence-electron chi connectivity index (χ3n) is 2.30. The number of hydrogen-bond donors (Lipinski definition) is 0. The molecular formula is C12H8ClF2NO. The molecule has 5 heteroatoms. The smallest absolute Gasteiger partial charge is 0.166 e. The summed E-state index contributed by atoms with van der Waals surface area (Å²) in [6, 6.07) is 3.89. The van der Waals surface area contributed by atoms with Crippen molar-refractivity contribution in [3.63, 3.8) is 0 Å². The zero-order valence-electron chi connectivity index (χ0n) is 8.88. The van der Waals surface area contributed by atoms with Gasteiger partial charge in [0.05, 0.1) is 7.11 Å². The maximum Gasteiger partial charge on any atom is 0.166 e. The second-order valence-corrected chi connectivity index (χ2v) is 3.71. The Morgan fingerprint density at radius 3 is 2.65 bits per heavy atom. The fourth-order valence-electron chi connectivity index (χ4n) is 1.53. The molecule has 0 saturated heterocycles. The van der Waals surface area contributed by atoms with Gasteiger partial charge in [0.15, 0.2) is 11.6 Å². The first kappa shape index (κ1) is 11.8. The number of benzene rings is 1. The van der Waals surface area contributed by atoms with Gasteiger partial charge in [0.2, 0.25) is 0 Å². The molecule has 17 heavy (non-hydrogen) atoms. The van der Waals surface area contributed by atoms with Crippen molar-refractivity contribution < 1.29 is 13.5 Å². The van der Waals surface area contributed by atoms with Crippen LogP contribution in [-0.4, -0.2) is 12.1 Å². The molecule has 0 radical (unpaired) electrons. The normalized spacial score (nSPS) is 10.4. The number of ether oxygens (including phenoxy) is 1. The Morgan fingerprint density at radius 2 is 1.94 bits per heavy atom. The summed E-state index contributed by atoms with van der Waals surface area (Å²) in [5.74, 6) is -1.61. The lowest BCUT2D eigenvalue weighted by Crippen LogP contribution is -1.94. The number of nitrogens with zero attached hydrogens (tertiary/aromatic N) is 1. The van der Waals surface area contributed by atoms with E-state index >= 15 is 0 Å². The monoisotopic (exact) mass is 255 g/mol. The van der Waals surface area contributed by atoms with E-state index in [0.29, 0.717) is 5.56 Å². The van der Waals surface area contributed by atoms with Crippen LogP contribution in [0.1, 0.15) is 0 Å². The fraction of sp³-hybridized carbons (Fsp3) is 0.0833. The SMILES string of the molecule is COc1c(Cl)cncc1-c1cccc(F)c1F. The lowest BCUT2D eigenvalue weighted by molar-refractivity contribution is 0.415. The maximum atomic E-state index is 13.6. The standard InChI is InChI=1S/C12H8ClF2NO/c1-17-12-8(5-16-6-9(12)13)7-3-2-4-10(14)11(7)15/h2-6H,1H3. The van der Waals surface area contributed by atoms with Gasteiger partial charge in [-0.05, 0) is 6.07 Å². The van der Waals surface area contributed by atoms with Gasteiger partial charge in [-0.25, -0.2) is 8.78 Å². The number of halogens is 3. The highest BCUT2D eigenvalue weighted by Gasteiger charge is 2.16. The topological polar surface area (TPSA) is 22.1 Å². The van der Waals surface area contributed by atoms with Crippen LogP contribution in [0.25, 0.3) is 11.1 Å². The molecule has 0 aliphatic carbocycles. The molecule has 0 spiro atoms. The molecule has 88 valence electrons. The largest absolute Gasteiger partial charge is 0.494 e. The first-order valence-corrected chi connectivity index (χ1v) is 5.15. The van der Waals surface area contributed by atoms with E-state index in [1.54, 1.807) is 0 Å². The summed E-state index contributed by atoms with van der Waals surface area (Å²) in [7, 11) is 1.40. The number of rotatable bonds is 2. The predicted octanol–water partition coefficient (Wildman–Crippen LogP) is 3.69. The minimum atomic E-state index is -0.949. The van der Waals surface area contributed by atoms with E-state index in [0.717, 1.165) is 6.07 Å². The number of aromatic nitrogens is 1. The Balaban J connectivity index is 2.68. The quantitative estimate of drug-likeness (QED) is 0.817. The number of hydrogen-bond acceptors (Lipinski definition) is 2. The van der Waals surface area contributed by atoms with Crippen LogP contribution in [0.5, 0.6) is 5.75 Å². The van der Waals surface area contributed by atoms with Crippen molar-refractivity contribution in [1.29, 1.82) is 0 Å². The summed E-state index contributed by atoms with van der Waals surface area (Å²) >= 11 is 5.87. The second-order valence-electron chi connectivity index (χ2n) is 3.30. The van der Waals surface area contributed by atoms with Crippen LogP contribution in [0.15, 0.2) is 30.6 Å². The molecule has 0 saturated carbocycles. The predicted molar refractivity (Wildman–Crippen MR) is 61.2 cm³/mol. The van der Waals surface area contributed by atoms with E-state index in [1.165, 1.54) is 31.6 Å². The summed E-state index contributed by atoms with van der Waals surface area (Å²) in [6.45, 7) is 0. The molecule has 0 atom stereocenters. The molecule has 0 amide bonds. The van der Waals surface area contributed by atoms with E-state index in [-0.39, 0.29) is 16.3 Å². The number of methoxy groups -OCH3 is 1. The maximum absolute atomic E-state index is 13.6. The lowest BCUT2D eigenvalue weighted by atomic mass is 10.1. The molecule has 0 aliphatic rings. The highest BCUT2D eigenvalue weighted by atomic mass is 35.5. The van der Waals surface area contributed by atoms with E-state index < -0.39 is 11.6 Å². The molecule has 2 nitrogen and oxygen atoms in total. The summed E-state index contributed by atoms with van der Waals surface area (Å²) < 4.78 is 31.8. The minimum Gasteiger partial charge on any atom is -0.494 e. The van der Waals surface area contributed by atoms with E-state index in [2.05, 4.69) is 4.98 Å². The molecule has 0 bridgehead atoms. The highest BCUT2D eigenvalue weighted by Crippen LogP contribution is 2.36. The average molecular weight is 256 g/mol. The Morgan fingerprint density at radius 1 is 1.18 bits per heavy atom. The van der Waals surface area contributed by atoms with Gasteiger partial charge < -0.3 is 4.74 Å². The second kappa shape index (κ2) is 4.67. The first-order valence-electron chi connectivity index (χ1n) is 4.77. The van der Waals surface area contributed by atoms with Crippen molar-refractivity contribution in [2.24, 2.45) is 0 Å². The zero-order chi connectivity index (χ0) is 12.4. The van der Waals surface area contributed by atoms with Crippen molar-refractivity contribution >= 4 is 11.6 Å². The fourth-order valence-corrected chi connectivity index (χ4v) is 1.77. The zero-order valence-corrected chi connectivity index (χ0v) is 9.63. The Bertz CT molecular complexity index is 560. The van der Waals surface area contributed by atoms with Gasteiger partial charge in [0.25, 0.3) is 0 Å². The Labute approximate surface area is 102 Å². The molecule has 0 aliphatic heterocycles. The minimum absolute atomic E-state index is 0.0665. The summed E-state index contributed by atoms with van der Waals surface area (Å²) in [5, 5.41) is 0.244. The van der Waals surface area contributed by atoms with Gasteiger partial charge in [-0.15, -0.1) is 0 Å². The van der Waals surface area contributed by atoms with Crippen LogP contribution >= 0.6 is 11.6 Å². The molecule has 0 N–H and O–H groups in total. The summed E-state index contributed by atoms with van der Waals surface area (Å²) in [6.07, 6.45) is 2.75. The van der Waals surface area contributed by atoms with Crippen LogP contribution in [0, 0.1) is 11.6 Å². The van der Waals surface area contributed by atoms with E-state index in [1.807, 2.05) is 0 Å². The van der Waals surface area contributed by atoms with Gasteiger partial charge in [0.1, 0.15) is 10.8 Å². The van der Waals surface area contributed by atoms with Crippen molar-refractivity contribution in [2.45, 2.75) is 0 Å². The van der Waals surface area contributed by atoms with Crippen LogP contribution < -0.4 is 4.74 Å². The van der Waals surface area contributed by atoms with Gasteiger partial charge in [-0.1, -0.05) is 23.7 Å². The van der Waals surface area contributed by atoms with E-state index in [4.69, 9.17) is 16.3 Å². The average Bonchev–Trinajstić information content (AvgIpc) is 2.32. The van der Waals surface area contributed by atoms with Crippen molar-refractivity contribution in [3.05, 3.63) is 47.2 Å². The highest BCUT2D eigenvalue weighted by molar-refractivity contribution is 6.32. The Hall–Kier alpha value is -1.68. The molecule has 1 aromatic carbocycles. The number of pyridine rings is 1. The third-order valence-corrected chi connectivity index (χ3v) is 2.57. The van der Waals surface area contributed by atoms with Crippen molar-refractivity contribution in [3.8, 4) is 16.9 Å². The third kappa shape index (κ3) is 2.08. The van der Waals surface area contributed by atoms with Gasteiger partial charge >= 0.3 is 0 Å². The molecular weight excluding hydrogens is 248 g/mol. The molecule has 0 fully saturated rings.